The minimum atomic E-state index is -3.51. The van der Waals surface area contributed by atoms with Crippen LogP contribution < -0.4 is 14.4 Å². The van der Waals surface area contributed by atoms with E-state index in [0.29, 0.717) is 22.0 Å². The molecule has 0 aliphatic heterocycles. The van der Waals surface area contributed by atoms with Gasteiger partial charge in [0.1, 0.15) is 5.75 Å². The predicted octanol–water partition coefficient (Wildman–Crippen LogP) is 2.96. The molecule has 3 rings (SSSR count). The summed E-state index contributed by atoms with van der Waals surface area (Å²) in [6.07, 6.45) is 3.19. The molecule has 0 spiro atoms. The second-order valence-electron chi connectivity index (χ2n) is 6.49. The van der Waals surface area contributed by atoms with Gasteiger partial charge in [0.15, 0.2) is 6.61 Å². The van der Waals surface area contributed by atoms with Crippen LogP contribution in [-0.2, 0) is 21.4 Å². The molecular weight excluding hydrogens is 388 g/mol. The first kappa shape index (κ1) is 19.5. The average molecular weight is 409 g/mol. The van der Waals surface area contributed by atoms with Gasteiger partial charge in [-0.1, -0.05) is 29.8 Å². The highest BCUT2D eigenvalue weighted by molar-refractivity contribution is 7.92. The molecule has 8 heteroatoms. The van der Waals surface area contributed by atoms with Crippen LogP contribution in [0, 0.1) is 0 Å². The molecule has 27 heavy (non-hydrogen) atoms. The van der Waals surface area contributed by atoms with Crippen LogP contribution in [0.3, 0.4) is 0 Å². The number of halogens is 1. The molecule has 1 saturated carbocycles. The second kappa shape index (κ2) is 8.19. The highest BCUT2D eigenvalue weighted by Gasteiger charge is 2.23. The lowest BCUT2D eigenvalue weighted by Gasteiger charge is -2.23. The fourth-order valence-electron chi connectivity index (χ4n) is 2.54. The summed E-state index contributed by atoms with van der Waals surface area (Å²) in [6, 6.07) is 14.0. The van der Waals surface area contributed by atoms with Crippen molar-refractivity contribution in [2.75, 3.05) is 17.2 Å². The number of carbonyl (C=O) groups is 1. The van der Waals surface area contributed by atoms with Crippen molar-refractivity contribution in [3.05, 3.63) is 59.1 Å². The summed E-state index contributed by atoms with van der Waals surface area (Å²) >= 11 is 6.16. The molecule has 0 heterocycles. The SMILES string of the molecule is CS(=O)(=O)N(Cc1ccccc1Cl)c1ccc(OCC(=O)NC2CC2)cc1. The number of hydrogen-bond acceptors (Lipinski definition) is 4. The summed E-state index contributed by atoms with van der Waals surface area (Å²) in [5.74, 6) is 0.342. The maximum atomic E-state index is 12.3. The molecule has 2 aromatic carbocycles. The van der Waals surface area contributed by atoms with E-state index >= 15 is 0 Å². The lowest BCUT2D eigenvalue weighted by molar-refractivity contribution is -0.123. The van der Waals surface area contributed by atoms with Crippen LogP contribution in [0.2, 0.25) is 5.02 Å². The van der Waals surface area contributed by atoms with E-state index in [2.05, 4.69) is 5.32 Å². The zero-order valence-electron chi connectivity index (χ0n) is 14.9. The minimum absolute atomic E-state index is 0.0642. The van der Waals surface area contributed by atoms with E-state index in [0.717, 1.165) is 19.1 Å². The van der Waals surface area contributed by atoms with E-state index in [1.165, 1.54) is 4.31 Å². The first-order chi connectivity index (χ1) is 12.8. The van der Waals surface area contributed by atoms with E-state index in [1.807, 2.05) is 6.07 Å². The Balaban J connectivity index is 1.69. The van der Waals surface area contributed by atoms with E-state index in [-0.39, 0.29) is 25.1 Å². The van der Waals surface area contributed by atoms with Gasteiger partial charge in [0, 0.05) is 11.1 Å². The number of anilines is 1. The molecule has 6 nitrogen and oxygen atoms in total. The largest absolute Gasteiger partial charge is 0.484 e. The highest BCUT2D eigenvalue weighted by atomic mass is 35.5. The van der Waals surface area contributed by atoms with Crippen LogP contribution in [-0.4, -0.2) is 33.2 Å². The van der Waals surface area contributed by atoms with Gasteiger partial charge in [-0.05, 0) is 48.7 Å². The van der Waals surface area contributed by atoms with E-state index in [9.17, 15) is 13.2 Å². The smallest absolute Gasteiger partial charge is 0.258 e. The topological polar surface area (TPSA) is 75.7 Å². The quantitative estimate of drug-likeness (QED) is 0.728. The Morgan fingerprint density at radius 1 is 1.19 bits per heavy atom. The number of carbonyl (C=O) groups excluding carboxylic acids is 1. The van der Waals surface area contributed by atoms with Crippen LogP contribution in [0.1, 0.15) is 18.4 Å². The number of amides is 1. The molecule has 1 aliphatic rings. The summed E-state index contributed by atoms with van der Waals surface area (Å²) in [4.78, 5) is 11.7. The Labute approximate surface area is 164 Å². The molecule has 0 saturated heterocycles. The number of hydrogen-bond donors (Lipinski definition) is 1. The Morgan fingerprint density at radius 2 is 1.85 bits per heavy atom. The van der Waals surface area contributed by atoms with E-state index in [4.69, 9.17) is 16.3 Å². The zero-order chi connectivity index (χ0) is 19.4. The number of nitrogens with one attached hydrogen (secondary N) is 1. The number of ether oxygens (including phenoxy) is 1. The first-order valence-corrected chi connectivity index (χ1v) is 10.8. The molecule has 2 aromatic rings. The zero-order valence-corrected chi connectivity index (χ0v) is 16.5. The Kier molecular flexibility index (Phi) is 5.92. The van der Waals surface area contributed by atoms with Crippen LogP contribution in [0.25, 0.3) is 0 Å². The fourth-order valence-corrected chi connectivity index (χ4v) is 3.61. The molecule has 0 radical (unpaired) electrons. The second-order valence-corrected chi connectivity index (χ2v) is 8.80. The Hall–Kier alpha value is -2.25. The normalized spacial score (nSPS) is 13.9. The van der Waals surface area contributed by atoms with Crippen molar-refractivity contribution in [3.63, 3.8) is 0 Å². The lowest BCUT2D eigenvalue weighted by atomic mass is 10.2. The van der Waals surface area contributed by atoms with Gasteiger partial charge in [0.2, 0.25) is 10.0 Å². The van der Waals surface area contributed by atoms with Gasteiger partial charge in [-0.15, -0.1) is 0 Å². The van der Waals surface area contributed by atoms with Gasteiger partial charge in [-0.2, -0.15) is 0 Å². The maximum absolute atomic E-state index is 12.3. The standard InChI is InChI=1S/C19H21ClN2O4S/c1-27(24,25)22(12-14-4-2-3-5-18(14)20)16-8-10-17(11-9-16)26-13-19(23)21-15-6-7-15/h2-5,8-11,15H,6-7,12-13H2,1H3,(H,21,23). The molecule has 0 unspecified atom stereocenters. The predicted molar refractivity (Wildman–Crippen MR) is 106 cm³/mol. The number of benzene rings is 2. The third-order valence-electron chi connectivity index (χ3n) is 4.11. The Bertz CT molecular complexity index is 912. The van der Waals surface area contributed by atoms with Crippen LogP contribution in [0.15, 0.2) is 48.5 Å². The van der Waals surface area contributed by atoms with Crippen molar-refractivity contribution in [1.82, 2.24) is 5.32 Å². The average Bonchev–Trinajstić information content (AvgIpc) is 3.43. The maximum Gasteiger partial charge on any atom is 0.258 e. The number of rotatable bonds is 8. The third kappa shape index (κ3) is 5.61. The van der Waals surface area contributed by atoms with E-state index in [1.54, 1.807) is 42.5 Å². The van der Waals surface area contributed by atoms with E-state index < -0.39 is 10.0 Å². The molecule has 0 aromatic heterocycles. The molecule has 1 fully saturated rings. The third-order valence-corrected chi connectivity index (χ3v) is 5.62. The molecule has 0 atom stereocenters. The highest BCUT2D eigenvalue weighted by Crippen LogP contribution is 2.26. The molecule has 1 aliphatic carbocycles. The molecule has 0 bridgehead atoms. The van der Waals surface area contributed by atoms with Crippen molar-refractivity contribution < 1.29 is 17.9 Å². The van der Waals surface area contributed by atoms with Gasteiger partial charge in [0.25, 0.3) is 5.91 Å². The summed E-state index contributed by atoms with van der Waals surface area (Å²) < 4.78 is 31.2. The monoisotopic (exact) mass is 408 g/mol. The minimum Gasteiger partial charge on any atom is -0.484 e. The van der Waals surface area contributed by atoms with Gasteiger partial charge in [-0.3, -0.25) is 9.10 Å². The summed E-state index contributed by atoms with van der Waals surface area (Å²) in [5.41, 5.74) is 1.20. The molecular formula is C19H21ClN2O4S. The van der Waals surface area contributed by atoms with Crippen LogP contribution in [0.4, 0.5) is 5.69 Å². The van der Waals surface area contributed by atoms with Gasteiger partial charge >= 0.3 is 0 Å². The van der Waals surface area contributed by atoms with Gasteiger partial charge in [-0.25, -0.2) is 8.42 Å². The number of sulfonamides is 1. The summed E-state index contributed by atoms with van der Waals surface area (Å²) in [5, 5.41) is 3.35. The van der Waals surface area contributed by atoms with Crippen molar-refractivity contribution in [2.24, 2.45) is 0 Å². The van der Waals surface area contributed by atoms with Gasteiger partial charge < -0.3 is 10.1 Å². The summed E-state index contributed by atoms with van der Waals surface area (Å²) in [6.45, 7) is 0.0633. The van der Waals surface area contributed by atoms with Crippen LogP contribution in [0.5, 0.6) is 5.75 Å². The van der Waals surface area contributed by atoms with Crippen molar-refractivity contribution >= 4 is 33.2 Å². The van der Waals surface area contributed by atoms with Crippen molar-refractivity contribution in [2.45, 2.75) is 25.4 Å². The van der Waals surface area contributed by atoms with Crippen molar-refractivity contribution in [3.8, 4) is 5.75 Å². The summed E-state index contributed by atoms with van der Waals surface area (Å²) in [7, 11) is -3.51. The number of nitrogens with zero attached hydrogens (tertiary/aromatic N) is 1. The molecule has 1 N–H and O–H groups in total. The molecule has 144 valence electrons. The fraction of sp³-hybridized carbons (Fsp3) is 0.316. The lowest BCUT2D eigenvalue weighted by Crippen LogP contribution is -2.30. The first-order valence-electron chi connectivity index (χ1n) is 8.56. The Morgan fingerprint density at radius 3 is 2.44 bits per heavy atom. The molecule has 1 amide bonds. The van der Waals surface area contributed by atoms with Gasteiger partial charge in [0.05, 0.1) is 18.5 Å². The van der Waals surface area contributed by atoms with Crippen LogP contribution >= 0.6 is 11.6 Å². The van der Waals surface area contributed by atoms with Crippen molar-refractivity contribution in [1.29, 1.82) is 0 Å².